The minimum Gasteiger partial charge on any atom is -0.496 e. The molecule has 1 amide bonds. The largest absolute Gasteiger partial charge is 0.496 e. The standard InChI is InChI=1S/C15H14N2O2/c1-19-12-6-2-4-10-8-13(18)17-15(14(10)12)11-5-3-7-16-9-11/h2-7,9,15H,8H2,1H3,(H,17,18). The summed E-state index contributed by atoms with van der Waals surface area (Å²) in [7, 11) is 1.65. The highest BCUT2D eigenvalue weighted by molar-refractivity contribution is 5.82. The van der Waals surface area contributed by atoms with E-state index in [1.165, 1.54) is 0 Å². The summed E-state index contributed by atoms with van der Waals surface area (Å²) < 4.78 is 5.43. The van der Waals surface area contributed by atoms with Gasteiger partial charge in [0.15, 0.2) is 0 Å². The maximum atomic E-state index is 11.8. The zero-order chi connectivity index (χ0) is 13.2. The molecule has 0 radical (unpaired) electrons. The van der Waals surface area contributed by atoms with Gasteiger partial charge in [-0.1, -0.05) is 18.2 Å². The van der Waals surface area contributed by atoms with Gasteiger partial charge < -0.3 is 10.1 Å². The van der Waals surface area contributed by atoms with Gasteiger partial charge in [0.25, 0.3) is 0 Å². The molecule has 1 aliphatic heterocycles. The molecule has 0 fully saturated rings. The molecule has 2 heterocycles. The lowest BCUT2D eigenvalue weighted by Crippen LogP contribution is -2.36. The van der Waals surface area contributed by atoms with Crippen molar-refractivity contribution in [2.45, 2.75) is 12.5 Å². The first-order valence-electron chi connectivity index (χ1n) is 6.14. The van der Waals surface area contributed by atoms with Gasteiger partial charge in [0, 0.05) is 18.0 Å². The number of fused-ring (bicyclic) bond motifs is 1. The molecule has 1 aliphatic rings. The molecule has 96 valence electrons. The lowest BCUT2D eigenvalue weighted by atomic mass is 9.89. The summed E-state index contributed by atoms with van der Waals surface area (Å²) in [6, 6.07) is 9.43. The molecule has 0 aliphatic carbocycles. The average molecular weight is 254 g/mol. The summed E-state index contributed by atoms with van der Waals surface area (Å²) >= 11 is 0. The van der Waals surface area contributed by atoms with Gasteiger partial charge in [0.2, 0.25) is 5.91 Å². The second kappa shape index (κ2) is 4.72. The molecule has 19 heavy (non-hydrogen) atoms. The fourth-order valence-corrected chi connectivity index (χ4v) is 2.50. The van der Waals surface area contributed by atoms with Crippen LogP contribution in [0.4, 0.5) is 0 Å². The van der Waals surface area contributed by atoms with E-state index in [0.29, 0.717) is 6.42 Å². The van der Waals surface area contributed by atoms with Crippen LogP contribution in [0, 0.1) is 0 Å². The highest BCUT2D eigenvalue weighted by Crippen LogP contribution is 2.35. The number of amides is 1. The van der Waals surface area contributed by atoms with E-state index in [4.69, 9.17) is 4.74 Å². The molecular formula is C15H14N2O2. The number of nitrogens with zero attached hydrogens (tertiary/aromatic N) is 1. The van der Waals surface area contributed by atoms with E-state index in [2.05, 4.69) is 10.3 Å². The number of hydrogen-bond donors (Lipinski definition) is 1. The predicted octanol–water partition coefficient (Wildman–Crippen LogP) is 1.85. The van der Waals surface area contributed by atoms with Crippen LogP contribution in [-0.4, -0.2) is 18.0 Å². The first-order chi connectivity index (χ1) is 9.29. The van der Waals surface area contributed by atoms with Gasteiger partial charge in [-0.3, -0.25) is 9.78 Å². The monoisotopic (exact) mass is 254 g/mol. The van der Waals surface area contributed by atoms with Crippen LogP contribution in [0.15, 0.2) is 42.7 Å². The van der Waals surface area contributed by atoms with Crippen LogP contribution >= 0.6 is 0 Å². The Labute approximate surface area is 111 Å². The average Bonchev–Trinajstić information content (AvgIpc) is 2.46. The van der Waals surface area contributed by atoms with E-state index in [1.54, 1.807) is 19.5 Å². The zero-order valence-corrected chi connectivity index (χ0v) is 10.6. The van der Waals surface area contributed by atoms with Gasteiger partial charge in [-0.15, -0.1) is 0 Å². The van der Waals surface area contributed by atoms with Crippen LogP contribution in [0.2, 0.25) is 0 Å². The van der Waals surface area contributed by atoms with Crippen molar-refractivity contribution < 1.29 is 9.53 Å². The summed E-state index contributed by atoms with van der Waals surface area (Å²) in [5.74, 6) is 0.820. The van der Waals surface area contributed by atoms with Crippen molar-refractivity contribution in [3.8, 4) is 5.75 Å². The predicted molar refractivity (Wildman–Crippen MR) is 70.9 cm³/mol. The minimum absolute atomic E-state index is 0.0228. The van der Waals surface area contributed by atoms with Crippen LogP contribution < -0.4 is 10.1 Å². The molecule has 1 aromatic carbocycles. The molecule has 1 unspecified atom stereocenters. The van der Waals surface area contributed by atoms with Crippen LogP contribution in [0.3, 0.4) is 0 Å². The third kappa shape index (κ3) is 2.05. The van der Waals surface area contributed by atoms with Gasteiger partial charge in [-0.25, -0.2) is 0 Å². The van der Waals surface area contributed by atoms with E-state index < -0.39 is 0 Å². The molecule has 1 aromatic heterocycles. The minimum atomic E-state index is -0.193. The summed E-state index contributed by atoms with van der Waals surface area (Å²) in [6.45, 7) is 0. The number of benzene rings is 1. The molecule has 0 saturated heterocycles. The van der Waals surface area contributed by atoms with Gasteiger partial charge >= 0.3 is 0 Å². The molecule has 1 N–H and O–H groups in total. The number of hydrogen-bond acceptors (Lipinski definition) is 3. The van der Waals surface area contributed by atoms with Crippen LogP contribution in [-0.2, 0) is 11.2 Å². The van der Waals surface area contributed by atoms with Crippen molar-refractivity contribution in [2.24, 2.45) is 0 Å². The number of rotatable bonds is 2. The molecule has 3 rings (SSSR count). The molecule has 1 atom stereocenters. The van der Waals surface area contributed by atoms with Gasteiger partial charge in [0.1, 0.15) is 5.75 Å². The highest BCUT2D eigenvalue weighted by Gasteiger charge is 2.28. The number of methoxy groups -OCH3 is 1. The Morgan fingerprint density at radius 2 is 2.21 bits per heavy atom. The summed E-state index contributed by atoms with van der Waals surface area (Å²) in [5.41, 5.74) is 3.00. The Balaban J connectivity index is 2.16. The third-order valence-electron chi connectivity index (χ3n) is 3.34. The lowest BCUT2D eigenvalue weighted by Gasteiger charge is -2.28. The summed E-state index contributed by atoms with van der Waals surface area (Å²) in [5, 5.41) is 3.00. The van der Waals surface area contributed by atoms with E-state index in [9.17, 15) is 4.79 Å². The Morgan fingerprint density at radius 1 is 1.32 bits per heavy atom. The normalized spacial score (nSPS) is 17.5. The summed E-state index contributed by atoms with van der Waals surface area (Å²) in [6.07, 6.45) is 3.88. The van der Waals surface area contributed by atoms with Crippen molar-refractivity contribution in [1.29, 1.82) is 0 Å². The van der Waals surface area contributed by atoms with Crippen LogP contribution in [0.5, 0.6) is 5.75 Å². The van der Waals surface area contributed by atoms with Crippen molar-refractivity contribution in [2.75, 3.05) is 7.11 Å². The maximum Gasteiger partial charge on any atom is 0.225 e. The molecule has 0 saturated carbocycles. The highest BCUT2D eigenvalue weighted by atomic mass is 16.5. The number of pyridine rings is 1. The van der Waals surface area contributed by atoms with Crippen molar-refractivity contribution >= 4 is 5.91 Å². The molecule has 0 bridgehead atoms. The van der Waals surface area contributed by atoms with Gasteiger partial charge in [0.05, 0.1) is 19.6 Å². The zero-order valence-electron chi connectivity index (χ0n) is 10.6. The fraction of sp³-hybridized carbons (Fsp3) is 0.200. The second-order valence-corrected chi connectivity index (χ2v) is 4.50. The van der Waals surface area contributed by atoms with Gasteiger partial charge in [-0.2, -0.15) is 0 Å². The van der Waals surface area contributed by atoms with Crippen LogP contribution in [0.25, 0.3) is 0 Å². The van der Waals surface area contributed by atoms with Crippen molar-refractivity contribution in [1.82, 2.24) is 10.3 Å². The topological polar surface area (TPSA) is 51.2 Å². The molecular weight excluding hydrogens is 240 g/mol. The van der Waals surface area contributed by atoms with Crippen molar-refractivity contribution in [3.63, 3.8) is 0 Å². The smallest absolute Gasteiger partial charge is 0.225 e. The van der Waals surface area contributed by atoms with E-state index >= 15 is 0 Å². The van der Waals surface area contributed by atoms with E-state index in [1.807, 2.05) is 30.3 Å². The molecule has 0 spiro atoms. The molecule has 4 nitrogen and oxygen atoms in total. The van der Waals surface area contributed by atoms with Crippen LogP contribution in [0.1, 0.15) is 22.7 Å². The number of carbonyl (C=O) groups excluding carboxylic acids is 1. The lowest BCUT2D eigenvalue weighted by molar-refractivity contribution is -0.121. The van der Waals surface area contributed by atoms with Gasteiger partial charge in [-0.05, 0) is 23.3 Å². The first kappa shape index (κ1) is 11.7. The Hall–Kier alpha value is -2.36. The van der Waals surface area contributed by atoms with E-state index in [0.717, 1.165) is 22.4 Å². The van der Waals surface area contributed by atoms with E-state index in [-0.39, 0.29) is 11.9 Å². The number of carbonyl (C=O) groups is 1. The fourth-order valence-electron chi connectivity index (χ4n) is 2.50. The SMILES string of the molecule is COc1cccc2c1C(c1cccnc1)NC(=O)C2. The molecule has 2 aromatic rings. The number of aromatic nitrogens is 1. The number of nitrogens with one attached hydrogen (secondary N) is 1. The first-order valence-corrected chi connectivity index (χ1v) is 6.14. The second-order valence-electron chi connectivity index (χ2n) is 4.50. The Bertz CT molecular complexity index is 611. The maximum absolute atomic E-state index is 11.8. The quantitative estimate of drug-likeness (QED) is 0.889. The Morgan fingerprint density at radius 3 is 2.95 bits per heavy atom. The number of ether oxygens (including phenoxy) is 1. The van der Waals surface area contributed by atoms with Crippen molar-refractivity contribution in [3.05, 3.63) is 59.4 Å². The Kier molecular flexibility index (Phi) is 2.91. The third-order valence-corrected chi connectivity index (χ3v) is 3.34. The molecule has 4 heteroatoms. The summed E-state index contributed by atoms with van der Waals surface area (Å²) in [4.78, 5) is 16.0.